The van der Waals surface area contributed by atoms with Gasteiger partial charge in [-0.1, -0.05) is 12.1 Å². The lowest BCUT2D eigenvalue weighted by atomic mass is 10.2. The molecular weight excluding hydrogens is 386 g/mol. The number of amides is 2. The zero-order chi connectivity index (χ0) is 21.3. The van der Waals surface area contributed by atoms with Crippen molar-refractivity contribution in [2.45, 2.75) is 20.0 Å². The maximum atomic E-state index is 12.3. The Morgan fingerprint density at radius 1 is 1.00 bits per heavy atom. The minimum Gasteiger partial charge on any atom is -0.497 e. The van der Waals surface area contributed by atoms with Gasteiger partial charge in [-0.2, -0.15) is 0 Å². The highest BCUT2D eigenvalue weighted by molar-refractivity contribution is 6.04. The predicted octanol–water partition coefficient (Wildman–Crippen LogP) is 3.65. The number of hydrogen-bond acceptors (Lipinski definition) is 6. The third-order valence-electron chi connectivity index (χ3n) is 4.17. The highest BCUT2D eigenvalue weighted by atomic mass is 16.5. The number of nitrogens with zero attached hydrogens (tertiary/aromatic N) is 1. The molecule has 8 nitrogen and oxygen atoms in total. The summed E-state index contributed by atoms with van der Waals surface area (Å²) in [5.41, 5.74) is 1.39. The Labute approximate surface area is 174 Å². The number of hydrogen-bond donors (Lipinski definition) is 2. The standard InChI is InChI=1S/C22H23N3O5/c1-3-12-23-22(27)20-13-19(30-25-20)14-29-18-10-6-16(7-11-18)24-21(26)15-4-8-17(28-2)9-5-15/h4-11,13H,3,12,14H2,1-2H3,(H,23,27)(H,24,26). The highest BCUT2D eigenvalue weighted by Crippen LogP contribution is 2.19. The van der Waals surface area contributed by atoms with E-state index in [0.29, 0.717) is 35.1 Å². The fourth-order valence-corrected chi connectivity index (χ4v) is 2.55. The van der Waals surface area contributed by atoms with E-state index in [1.54, 1.807) is 61.7 Å². The van der Waals surface area contributed by atoms with Crippen LogP contribution in [0.4, 0.5) is 5.69 Å². The molecule has 2 N–H and O–H groups in total. The molecule has 0 fully saturated rings. The Morgan fingerprint density at radius 2 is 1.70 bits per heavy atom. The highest BCUT2D eigenvalue weighted by Gasteiger charge is 2.12. The van der Waals surface area contributed by atoms with E-state index >= 15 is 0 Å². The average Bonchev–Trinajstić information content (AvgIpc) is 3.26. The van der Waals surface area contributed by atoms with Gasteiger partial charge in [-0.15, -0.1) is 0 Å². The van der Waals surface area contributed by atoms with Crippen LogP contribution < -0.4 is 20.1 Å². The second-order valence-corrected chi connectivity index (χ2v) is 6.43. The molecule has 0 aliphatic rings. The van der Waals surface area contributed by atoms with Gasteiger partial charge in [0.1, 0.15) is 18.1 Å². The van der Waals surface area contributed by atoms with E-state index in [0.717, 1.165) is 6.42 Å². The van der Waals surface area contributed by atoms with E-state index in [-0.39, 0.29) is 24.1 Å². The molecule has 1 heterocycles. The minimum absolute atomic E-state index is 0.131. The third-order valence-corrected chi connectivity index (χ3v) is 4.17. The Kier molecular flexibility index (Phi) is 7.05. The normalized spacial score (nSPS) is 10.3. The Bertz CT molecular complexity index is 981. The SMILES string of the molecule is CCCNC(=O)c1cc(COc2ccc(NC(=O)c3ccc(OC)cc3)cc2)on1. The van der Waals surface area contributed by atoms with Gasteiger partial charge < -0.3 is 24.6 Å². The van der Waals surface area contributed by atoms with E-state index in [4.69, 9.17) is 14.0 Å². The lowest BCUT2D eigenvalue weighted by Gasteiger charge is -2.08. The summed E-state index contributed by atoms with van der Waals surface area (Å²) in [6, 6.07) is 15.3. The molecule has 156 valence electrons. The van der Waals surface area contributed by atoms with Gasteiger partial charge in [0.25, 0.3) is 11.8 Å². The van der Waals surface area contributed by atoms with Crippen LogP contribution in [0.2, 0.25) is 0 Å². The monoisotopic (exact) mass is 409 g/mol. The fourth-order valence-electron chi connectivity index (χ4n) is 2.55. The lowest BCUT2D eigenvalue weighted by Crippen LogP contribution is -2.24. The van der Waals surface area contributed by atoms with Crippen molar-refractivity contribution in [3.8, 4) is 11.5 Å². The van der Waals surface area contributed by atoms with Crippen LogP contribution in [-0.2, 0) is 6.61 Å². The first-order chi connectivity index (χ1) is 14.6. The number of nitrogens with one attached hydrogen (secondary N) is 2. The van der Waals surface area contributed by atoms with Crippen LogP contribution in [0.25, 0.3) is 0 Å². The van der Waals surface area contributed by atoms with Crippen LogP contribution in [0.5, 0.6) is 11.5 Å². The van der Waals surface area contributed by atoms with Crippen molar-refractivity contribution in [3.63, 3.8) is 0 Å². The van der Waals surface area contributed by atoms with E-state index in [1.165, 1.54) is 0 Å². The summed E-state index contributed by atoms with van der Waals surface area (Å²) in [5, 5.41) is 9.30. The Balaban J connectivity index is 1.51. The molecule has 0 saturated carbocycles. The third kappa shape index (κ3) is 5.60. The molecule has 0 radical (unpaired) electrons. The first-order valence-corrected chi connectivity index (χ1v) is 9.51. The molecule has 0 aliphatic heterocycles. The van der Waals surface area contributed by atoms with Gasteiger partial charge >= 0.3 is 0 Å². The number of carbonyl (C=O) groups is 2. The molecular formula is C22H23N3O5. The van der Waals surface area contributed by atoms with E-state index < -0.39 is 0 Å². The molecule has 0 saturated heterocycles. The smallest absolute Gasteiger partial charge is 0.273 e. The van der Waals surface area contributed by atoms with Gasteiger partial charge in [-0.25, -0.2) is 0 Å². The van der Waals surface area contributed by atoms with Crippen LogP contribution in [-0.4, -0.2) is 30.6 Å². The Morgan fingerprint density at radius 3 is 2.37 bits per heavy atom. The maximum absolute atomic E-state index is 12.3. The molecule has 1 aromatic heterocycles. The molecule has 0 unspecified atom stereocenters. The van der Waals surface area contributed by atoms with Gasteiger partial charge in [-0.05, 0) is 55.0 Å². The molecule has 0 atom stereocenters. The summed E-state index contributed by atoms with van der Waals surface area (Å²) in [6.07, 6.45) is 0.843. The molecule has 3 aromatic rings. The maximum Gasteiger partial charge on any atom is 0.273 e. The zero-order valence-corrected chi connectivity index (χ0v) is 16.8. The molecule has 2 aromatic carbocycles. The van der Waals surface area contributed by atoms with Crippen molar-refractivity contribution in [3.05, 3.63) is 71.6 Å². The van der Waals surface area contributed by atoms with Crippen molar-refractivity contribution >= 4 is 17.5 Å². The summed E-state index contributed by atoms with van der Waals surface area (Å²) in [4.78, 5) is 24.1. The summed E-state index contributed by atoms with van der Waals surface area (Å²) >= 11 is 0. The van der Waals surface area contributed by atoms with Gasteiger partial charge in [0.2, 0.25) is 0 Å². The van der Waals surface area contributed by atoms with Gasteiger partial charge in [-0.3, -0.25) is 9.59 Å². The average molecular weight is 409 g/mol. The number of ether oxygens (including phenoxy) is 2. The number of carbonyl (C=O) groups excluding carboxylic acids is 2. The van der Waals surface area contributed by atoms with Crippen molar-refractivity contribution in [2.75, 3.05) is 19.0 Å². The molecule has 8 heteroatoms. The molecule has 0 aliphatic carbocycles. The molecule has 0 bridgehead atoms. The number of rotatable bonds is 9. The van der Waals surface area contributed by atoms with Gasteiger partial charge in [0, 0.05) is 23.9 Å². The van der Waals surface area contributed by atoms with Gasteiger partial charge in [0.05, 0.1) is 7.11 Å². The molecule has 0 spiro atoms. The second-order valence-electron chi connectivity index (χ2n) is 6.43. The number of benzene rings is 2. The van der Waals surface area contributed by atoms with E-state index in [2.05, 4.69) is 15.8 Å². The summed E-state index contributed by atoms with van der Waals surface area (Å²) in [7, 11) is 1.57. The largest absolute Gasteiger partial charge is 0.497 e. The number of aromatic nitrogens is 1. The second kappa shape index (κ2) is 10.1. The van der Waals surface area contributed by atoms with Crippen LogP contribution in [0.1, 0.15) is 40.0 Å². The number of methoxy groups -OCH3 is 1. The van der Waals surface area contributed by atoms with Crippen LogP contribution in [0, 0.1) is 0 Å². The van der Waals surface area contributed by atoms with Gasteiger partial charge in [0.15, 0.2) is 11.5 Å². The Hall–Kier alpha value is -3.81. The van der Waals surface area contributed by atoms with Crippen LogP contribution in [0.3, 0.4) is 0 Å². The van der Waals surface area contributed by atoms with Crippen LogP contribution >= 0.6 is 0 Å². The zero-order valence-electron chi connectivity index (χ0n) is 16.8. The number of anilines is 1. The van der Waals surface area contributed by atoms with Crippen LogP contribution in [0.15, 0.2) is 59.1 Å². The van der Waals surface area contributed by atoms with Crippen molar-refractivity contribution in [2.24, 2.45) is 0 Å². The minimum atomic E-state index is -0.274. The first-order valence-electron chi connectivity index (χ1n) is 9.51. The molecule has 3 rings (SSSR count). The molecule has 30 heavy (non-hydrogen) atoms. The van der Waals surface area contributed by atoms with Crippen molar-refractivity contribution in [1.29, 1.82) is 0 Å². The lowest BCUT2D eigenvalue weighted by molar-refractivity contribution is 0.0943. The fraction of sp³-hybridized carbons (Fsp3) is 0.227. The summed E-state index contributed by atoms with van der Waals surface area (Å²) in [5.74, 6) is 1.22. The van der Waals surface area contributed by atoms with Crippen molar-refractivity contribution in [1.82, 2.24) is 10.5 Å². The van der Waals surface area contributed by atoms with Crippen molar-refractivity contribution < 1.29 is 23.6 Å². The summed E-state index contributed by atoms with van der Waals surface area (Å²) < 4.78 is 15.9. The first kappa shape index (κ1) is 20.9. The quantitative estimate of drug-likeness (QED) is 0.559. The van der Waals surface area contributed by atoms with E-state index in [9.17, 15) is 9.59 Å². The van der Waals surface area contributed by atoms with E-state index in [1.807, 2.05) is 6.92 Å². The predicted molar refractivity (Wildman–Crippen MR) is 111 cm³/mol. The molecule has 2 amide bonds. The topological polar surface area (TPSA) is 103 Å². The summed E-state index contributed by atoms with van der Waals surface area (Å²) in [6.45, 7) is 2.68.